The summed E-state index contributed by atoms with van der Waals surface area (Å²) >= 11 is 0. The van der Waals surface area contributed by atoms with Crippen LogP contribution < -0.4 is 5.32 Å². The van der Waals surface area contributed by atoms with Gasteiger partial charge in [0.2, 0.25) is 17.7 Å². The first-order valence-electron chi connectivity index (χ1n) is 11.6. The molecule has 5 rings (SSSR count). The van der Waals surface area contributed by atoms with Crippen LogP contribution >= 0.6 is 0 Å². The zero-order valence-corrected chi connectivity index (χ0v) is 19.5. The maximum Gasteiger partial charge on any atom is 0.264 e. The lowest BCUT2D eigenvalue weighted by molar-refractivity contribution is -0.150. The summed E-state index contributed by atoms with van der Waals surface area (Å²) in [5, 5.41) is 15.0. The SMILES string of the molecule is CC(=O)N(C)C1C(=O)N2CCC[C@H]2C(=O)Nc2ccccc2C(=O)n2cc(c3ccccc32)[C@H]1O. The molecule has 2 N–H and O–H groups in total. The smallest absolute Gasteiger partial charge is 0.264 e. The first kappa shape index (κ1) is 22.8. The van der Waals surface area contributed by atoms with Gasteiger partial charge in [0.1, 0.15) is 18.2 Å². The van der Waals surface area contributed by atoms with Crippen LogP contribution in [0.2, 0.25) is 0 Å². The highest BCUT2D eigenvalue weighted by Crippen LogP contribution is 2.34. The third-order valence-electron chi connectivity index (χ3n) is 7.00. The number of fused-ring (bicyclic) bond motifs is 7. The van der Waals surface area contributed by atoms with Crippen molar-refractivity contribution in [2.24, 2.45) is 0 Å². The first-order chi connectivity index (χ1) is 16.8. The topological polar surface area (TPSA) is 112 Å². The minimum absolute atomic E-state index is 0.287. The number of aromatic nitrogens is 1. The molecule has 35 heavy (non-hydrogen) atoms. The number of nitrogens with one attached hydrogen (secondary N) is 1. The van der Waals surface area contributed by atoms with Crippen LogP contribution in [0.3, 0.4) is 0 Å². The molecule has 9 nitrogen and oxygen atoms in total. The number of benzene rings is 2. The van der Waals surface area contributed by atoms with E-state index in [2.05, 4.69) is 5.32 Å². The second kappa shape index (κ2) is 8.66. The molecule has 1 saturated heterocycles. The van der Waals surface area contributed by atoms with Gasteiger partial charge in [0.15, 0.2) is 0 Å². The van der Waals surface area contributed by atoms with Crippen molar-refractivity contribution in [2.75, 3.05) is 18.9 Å². The zero-order valence-electron chi connectivity index (χ0n) is 19.5. The maximum absolute atomic E-state index is 13.8. The van der Waals surface area contributed by atoms with Gasteiger partial charge in [-0.2, -0.15) is 0 Å². The summed E-state index contributed by atoms with van der Waals surface area (Å²) in [6.07, 6.45) is 1.15. The van der Waals surface area contributed by atoms with Gasteiger partial charge in [-0.05, 0) is 31.0 Å². The third kappa shape index (κ3) is 3.68. The van der Waals surface area contributed by atoms with Gasteiger partial charge in [-0.25, -0.2) is 0 Å². The third-order valence-corrected chi connectivity index (χ3v) is 7.00. The summed E-state index contributed by atoms with van der Waals surface area (Å²) in [4.78, 5) is 55.8. The lowest BCUT2D eigenvalue weighted by Gasteiger charge is -2.35. The molecule has 2 aliphatic rings. The number of rotatable bonds is 1. The fourth-order valence-corrected chi connectivity index (χ4v) is 5.09. The van der Waals surface area contributed by atoms with Gasteiger partial charge in [0.05, 0.1) is 16.8 Å². The van der Waals surface area contributed by atoms with E-state index in [0.29, 0.717) is 41.5 Å². The predicted octanol–water partition coefficient (Wildman–Crippen LogP) is 2.15. The van der Waals surface area contributed by atoms with E-state index in [9.17, 15) is 24.3 Å². The Bertz CT molecular complexity index is 1360. The molecule has 0 radical (unpaired) electrons. The van der Waals surface area contributed by atoms with Crippen molar-refractivity contribution in [1.29, 1.82) is 0 Å². The highest BCUT2D eigenvalue weighted by atomic mass is 16.3. The molecule has 2 bridgehead atoms. The molecule has 9 heteroatoms. The Labute approximate surface area is 201 Å². The number of para-hydroxylation sites is 2. The highest BCUT2D eigenvalue weighted by molar-refractivity contribution is 6.09. The summed E-state index contributed by atoms with van der Waals surface area (Å²) < 4.78 is 1.41. The molecule has 1 fully saturated rings. The molecule has 2 aromatic carbocycles. The fraction of sp³-hybridized carbons (Fsp3) is 0.308. The molecule has 3 amide bonds. The maximum atomic E-state index is 13.8. The van der Waals surface area contributed by atoms with Crippen LogP contribution in [0, 0.1) is 0 Å². The zero-order chi connectivity index (χ0) is 24.9. The number of carbonyl (C=O) groups excluding carboxylic acids is 4. The Morgan fingerprint density at radius 2 is 1.80 bits per heavy atom. The summed E-state index contributed by atoms with van der Waals surface area (Å²) in [6.45, 7) is 1.65. The highest BCUT2D eigenvalue weighted by Gasteiger charge is 2.43. The number of hydrogen-bond acceptors (Lipinski definition) is 5. The van der Waals surface area contributed by atoms with Gasteiger partial charge >= 0.3 is 0 Å². The Morgan fingerprint density at radius 1 is 1.09 bits per heavy atom. The van der Waals surface area contributed by atoms with E-state index < -0.39 is 35.9 Å². The quantitative estimate of drug-likeness (QED) is 0.561. The summed E-state index contributed by atoms with van der Waals surface area (Å²) in [5.74, 6) is -1.71. The van der Waals surface area contributed by atoms with E-state index in [1.807, 2.05) is 0 Å². The minimum atomic E-state index is -1.42. The van der Waals surface area contributed by atoms with Crippen molar-refractivity contribution >= 4 is 40.2 Å². The molecule has 1 unspecified atom stereocenters. The number of aliphatic hydroxyl groups excluding tert-OH is 1. The number of anilines is 1. The number of likely N-dealkylation sites (N-methyl/N-ethyl adjacent to an activating group) is 1. The van der Waals surface area contributed by atoms with Gasteiger partial charge in [-0.1, -0.05) is 30.3 Å². The van der Waals surface area contributed by atoms with Crippen molar-refractivity contribution in [1.82, 2.24) is 14.4 Å². The number of hydrogen-bond donors (Lipinski definition) is 2. The van der Waals surface area contributed by atoms with Gasteiger partial charge in [-0.3, -0.25) is 23.7 Å². The molecule has 1 aromatic heterocycles. The van der Waals surface area contributed by atoms with E-state index in [-0.39, 0.29) is 11.5 Å². The lowest BCUT2D eigenvalue weighted by Crippen LogP contribution is -2.54. The van der Waals surface area contributed by atoms with Crippen molar-refractivity contribution in [3.8, 4) is 0 Å². The second-order valence-corrected chi connectivity index (χ2v) is 9.02. The fourth-order valence-electron chi connectivity index (χ4n) is 5.09. The molecular formula is C26H26N4O5. The largest absolute Gasteiger partial charge is 0.386 e. The van der Waals surface area contributed by atoms with E-state index in [4.69, 9.17) is 0 Å². The molecule has 0 aliphatic carbocycles. The van der Waals surface area contributed by atoms with Crippen LogP contribution in [0.1, 0.15) is 41.8 Å². The molecule has 3 aromatic rings. The van der Waals surface area contributed by atoms with Crippen molar-refractivity contribution in [2.45, 2.75) is 38.0 Å². The van der Waals surface area contributed by atoms with E-state index in [1.165, 1.54) is 34.5 Å². The molecule has 2 aliphatic heterocycles. The number of carbonyl (C=O) groups is 4. The summed E-state index contributed by atoms with van der Waals surface area (Å²) in [6, 6.07) is 11.8. The van der Waals surface area contributed by atoms with Gasteiger partial charge in [0.25, 0.3) is 5.91 Å². The molecule has 0 spiro atoms. The molecular weight excluding hydrogens is 448 g/mol. The van der Waals surface area contributed by atoms with Crippen LogP contribution in [0.25, 0.3) is 10.9 Å². The van der Waals surface area contributed by atoms with E-state index in [1.54, 1.807) is 48.5 Å². The van der Waals surface area contributed by atoms with Crippen LogP contribution in [0.15, 0.2) is 54.7 Å². The van der Waals surface area contributed by atoms with Gasteiger partial charge in [0, 0.05) is 37.7 Å². The number of aliphatic hydroxyl groups is 1. The Morgan fingerprint density at radius 3 is 2.57 bits per heavy atom. The molecule has 3 heterocycles. The van der Waals surface area contributed by atoms with E-state index in [0.717, 1.165) is 0 Å². The average molecular weight is 475 g/mol. The first-order valence-corrected chi connectivity index (χ1v) is 11.6. The van der Waals surface area contributed by atoms with Crippen LogP contribution in [0.5, 0.6) is 0 Å². The van der Waals surface area contributed by atoms with Crippen molar-refractivity contribution in [3.63, 3.8) is 0 Å². The second-order valence-electron chi connectivity index (χ2n) is 9.02. The van der Waals surface area contributed by atoms with Gasteiger partial charge in [-0.15, -0.1) is 0 Å². The molecule has 0 saturated carbocycles. The monoisotopic (exact) mass is 474 g/mol. The Balaban J connectivity index is 1.77. The standard InChI is InChI=1S/C26H26N4O5/c1-15(31)28(2)22-23(32)18-14-30(20-11-6-4-8-16(18)20)25(34)17-9-3-5-10-19(17)27-24(33)21-12-7-13-29(21)26(22)35/h3-6,8-11,14,21-23,32H,7,12-13H2,1-2H3,(H,27,33)/t21-,22?,23+/m0/s1. The molecule has 3 atom stereocenters. The Kier molecular flexibility index (Phi) is 5.64. The Hall–Kier alpha value is -3.98. The summed E-state index contributed by atoms with van der Waals surface area (Å²) in [5.41, 5.74) is 1.53. The lowest BCUT2D eigenvalue weighted by atomic mass is 9.98. The predicted molar refractivity (Wildman–Crippen MR) is 129 cm³/mol. The normalized spacial score (nSPS) is 22.5. The van der Waals surface area contributed by atoms with Crippen molar-refractivity contribution < 1.29 is 24.3 Å². The van der Waals surface area contributed by atoms with Crippen LogP contribution in [0.4, 0.5) is 5.69 Å². The van der Waals surface area contributed by atoms with Crippen LogP contribution in [-0.2, 0) is 14.4 Å². The number of nitrogens with zero attached hydrogens (tertiary/aromatic N) is 3. The molecule has 180 valence electrons. The van der Waals surface area contributed by atoms with Gasteiger partial charge < -0.3 is 20.2 Å². The van der Waals surface area contributed by atoms with Crippen LogP contribution in [-0.4, -0.2) is 68.8 Å². The number of amides is 3. The minimum Gasteiger partial charge on any atom is -0.386 e. The summed E-state index contributed by atoms with van der Waals surface area (Å²) in [7, 11) is 1.46. The van der Waals surface area contributed by atoms with E-state index >= 15 is 0 Å². The van der Waals surface area contributed by atoms with Crippen molar-refractivity contribution in [3.05, 3.63) is 65.9 Å². The average Bonchev–Trinajstić information content (AvgIpc) is 3.49.